The molecule has 1 aromatic rings. The second-order valence-corrected chi connectivity index (χ2v) is 5.79. The lowest BCUT2D eigenvalue weighted by Gasteiger charge is -2.07. The van der Waals surface area contributed by atoms with Crippen molar-refractivity contribution in [1.29, 1.82) is 0 Å². The van der Waals surface area contributed by atoms with E-state index in [0.29, 0.717) is 11.1 Å². The molecule has 2 rings (SSSR count). The summed E-state index contributed by atoms with van der Waals surface area (Å²) in [5, 5.41) is 3.52. The van der Waals surface area contributed by atoms with Crippen LogP contribution < -0.4 is 5.32 Å². The van der Waals surface area contributed by atoms with Crippen LogP contribution in [0, 0.1) is 17.6 Å². The number of hydrogen-bond donors (Lipinski definition) is 1. The van der Waals surface area contributed by atoms with Crippen LogP contribution in [0.15, 0.2) is 23.2 Å². The summed E-state index contributed by atoms with van der Waals surface area (Å²) in [4.78, 5) is 4.47. The molecule has 0 aliphatic carbocycles. The first kappa shape index (κ1) is 13.3. The Morgan fingerprint density at radius 3 is 2.94 bits per heavy atom. The number of nitrogens with zero attached hydrogens (tertiary/aromatic N) is 1. The zero-order chi connectivity index (χ0) is 13.1. The third-order valence-corrected chi connectivity index (χ3v) is 3.66. The van der Waals surface area contributed by atoms with Crippen LogP contribution in [0.25, 0.3) is 0 Å². The van der Waals surface area contributed by atoms with E-state index in [1.165, 1.54) is 0 Å². The van der Waals surface area contributed by atoms with E-state index in [1.54, 1.807) is 11.8 Å². The minimum Gasteiger partial charge on any atom is -0.332 e. The van der Waals surface area contributed by atoms with Gasteiger partial charge in [-0.25, -0.2) is 8.78 Å². The highest BCUT2D eigenvalue weighted by Gasteiger charge is 2.20. The highest BCUT2D eigenvalue weighted by molar-refractivity contribution is 8.14. The van der Waals surface area contributed by atoms with Crippen LogP contribution in [0.4, 0.5) is 14.5 Å². The Labute approximate surface area is 110 Å². The Hall–Kier alpha value is -1.10. The molecule has 1 N–H and O–H groups in total. The Balaban J connectivity index is 2.04. The zero-order valence-electron chi connectivity index (χ0n) is 10.4. The van der Waals surface area contributed by atoms with E-state index in [-0.39, 0.29) is 11.7 Å². The van der Waals surface area contributed by atoms with Gasteiger partial charge in [-0.1, -0.05) is 25.6 Å². The van der Waals surface area contributed by atoms with Gasteiger partial charge in [0.2, 0.25) is 0 Å². The molecule has 1 aromatic carbocycles. The molecule has 2 nitrogen and oxygen atoms in total. The minimum atomic E-state index is -0.466. The molecule has 0 bridgehead atoms. The van der Waals surface area contributed by atoms with Gasteiger partial charge in [-0.15, -0.1) is 0 Å². The number of thioether (sulfide) groups is 1. The molecule has 1 heterocycles. The summed E-state index contributed by atoms with van der Waals surface area (Å²) in [5.74, 6) is 0.565. The van der Waals surface area contributed by atoms with E-state index in [0.717, 1.165) is 30.4 Å². The molecular formula is C13H16F2N2S. The summed E-state index contributed by atoms with van der Waals surface area (Å²) in [5.41, 5.74) is 0.145. The lowest BCUT2D eigenvalue weighted by atomic mass is 10.1. The molecule has 1 unspecified atom stereocenters. The van der Waals surface area contributed by atoms with Crippen LogP contribution in [0.3, 0.4) is 0 Å². The van der Waals surface area contributed by atoms with Crippen molar-refractivity contribution in [3.63, 3.8) is 0 Å². The Morgan fingerprint density at radius 2 is 2.22 bits per heavy atom. The predicted octanol–water partition coefficient (Wildman–Crippen LogP) is 3.89. The number of nitrogens with one attached hydrogen (secondary N) is 1. The first-order valence-electron chi connectivity index (χ1n) is 5.97. The van der Waals surface area contributed by atoms with Crippen molar-refractivity contribution in [1.82, 2.24) is 0 Å². The van der Waals surface area contributed by atoms with Gasteiger partial charge in [0.25, 0.3) is 0 Å². The molecular weight excluding hydrogens is 254 g/mol. The van der Waals surface area contributed by atoms with Crippen LogP contribution in [0.5, 0.6) is 0 Å². The average Bonchev–Trinajstić information content (AvgIpc) is 2.70. The van der Waals surface area contributed by atoms with Crippen LogP contribution in [0.1, 0.15) is 20.3 Å². The van der Waals surface area contributed by atoms with E-state index >= 15 is 0 Å². The number of hydrogen-bond acceptors (Lipinski definition) is 3. The average molecular weight is 270 g/mol. The smallest absolute Gasteiger partial charge is 0.161 e. The predicted molar refractivity (Wildman–Crippen MR) is 73.1 cm³/mol. The molecule has 0 saturated carbocycles. The second-order valence-electron chi connectivity index (χ2n) is 4.78. The minimum absolute atomic E-state index is 0.145. The summed E-state index contributed by atoms with van der Waals surface area (Å²) in [7, 11) is 0. The monoisotopic (exact) mass is 270 g/mol. The highest BCUT2D eigenvalue weighted by atomic mass is 32.2. The molecule has 1 atom stereocenters. The molecule has 0 spiro atoms. The third-order valence-electron chi connectivity index (χ3n) is 2.63. The first-order chi connectivity index (χ1) is 8.54. The number of aliphatic imine (C=N–C) groups is 1. The molecule has 5 heteroatoms. The first-order valence-corrected chi connectivity index (χ1v) is 6.96. The SMILES string of the molecule is CC(C)CC1CSC(Nc2cc(F)ccc2F)=N1. The van der Waals surface area contributed by atoms with Gasteiger partial charge in [0.05, 0.1) is 11.7 Å². The van der Waals surface area contributed by atoms with Gasteiger partial charge >= 0.3 is 0 Å². The van der Waals surface area contributed by atoms with Gasteiger partial charge in [0.15, 0.2) is 5.17 Å². The van der Waals surface area contributed by atoms with E-state index < -0.39 is 11.6 Å². The third kappa shape index (κ3) is 3.45. The van der Waals surface area contributed by atoms with Crippen molar-refractivity contribution in [3.05, 3.63) is 29.8 Å². The Morgan fingerprint density at radius 1 is 1.44 bits per heavy atom. The van der Waals surface area contributed by atoms with Gasteiger partial charge in [-0.05, 0) is 24.5 Å². The van der Waals surface area contributed by atoms with E-state index in [1.807, 2.05) is 0 Å². The van der Waals surface area contributed by atoms with Crippen LogP contribution in [0.2, 0.25) is 0 Å². The summed E-state index contributed by atoms with van der Waals surface area (Å²) >= 11 is 1.55. The fraction of sp³-hybridized carbons (Fsp3) is 0.462. The summed E-state index contributed by atoms with van der Waals surface area (Å²) in [6.45, 7) is 4.30. The van der Waals surface area contributed by atoms with E-state index in [9.17, 15) is 8.78 Å². The molecule has 0 amide bonds. The van der Waals surface area contributed by atoms with Crippen molar-refractivity contribution in [3.8, 4) is 0 Å². The van der Waals surface area contributed by atoms with Crippen molar-refractivity contribution in [2.45, 2.75) is 26.3 Å². The van der Waals surface area contributed by atoms with Crippen molar-refractivity contribution in [2.75, 3.05) is 11.1 Å². The zero-order valence-corrected chi connectivity index (χ0v) is 11.2. The molecule has 0 saturated heterocycles. The molecule has 1 aliphatic heterocycles. The van der Waals surface area contributed by atoms with Crippen molar-refractivity contribution < 1.29 is 8.78 Å². The van der Waals surface area contributed by atoms with Crippen LogP contribution in [-0.2, 0) is 0 Å². The van der Waals surface area contributed by atoms with Crippen molar-refractivity contribution in [2.24, 2.45) is 10.9 Å². The topological polar surface area (TPSA) is 24.4 Å². The van der Waals surface area contributed by atoms with Gasteiger partial charge in [-0.2, -0.15) is 0 Å². The number of rotatable bonds is 3. The summed E-state index contributed by atoms with van der Waals surface area (Å²) in [6, 6.07) is 3.64. The number of benzene rings is 1. The normalized spacial score (nSPS) is 19.2. The molecule has 0 fully saturated rings. The standard InChI is InChI=1S/C13H16F2N2S/c1-8(2)5-10-7-18-13(16-10)17-12-6-9(14)3-4-11(12)15/h3-4,6,8,10H,5,7H2,1-2H3,(H,16,17). The largest absolute Gasteiger partial charge is 0.332 e. The lowest BCUT2D eigenvalue weighted by molar-refractivity contribution is 0.529. The fourth-order valence-corrected chi connectivity index (χ4v) is 2.82. The Kier molecular flexibility index (Phi) is 4.22. The quantitative estimate of drug-likeness (QED) is 0.901. The number of amidine groups is 1. The maximum absolute atomic E-state index is 13.4. The molecule has 0 radical (unpaired) electrons. The summed E-state index contributed by atoms with van der Waals surface area (Å²) < 4.78 is 26.5. The van der Waals surface area contributed by atoms with Crippen LogP contribution in [-0.4, -0.2) is 17.0 Å². The summed E-state index contributed by atoms with van der Waals surface area (Å²) in [6.07, 6.45) is 1.02. The van der Waals surface area contributed by atoms with Crippen LogP contribution >= 0.6 is 11.8 Å². The van der Waals surface area contributed by atoms with E-state index in [4.69, 9.17) is 0 Å². The molecule has 98 valence electrons. The molecule has 0 aromatic heterocycles. The maximum atomic E-state index is 13.4. The molecule has 1 aliphatic rings. The molecule has 18 heavy (non-hydrogen) atoms. The highest BCUT2D eigenvalue weighted by Crippen LogP contribution is 2.25. The Bertz CT molecular complexity index is 460. The lowest BCUT2D eigenvalue weighted by Crippen LogP contribution is -2.08. The van der Waals surface area contributed by atoms with Gasteiger partial charge in [-0.3, -0.25) is 4.99 Å². The van der Waals surface area contributed by atoms with E-state index in [2.05, 4.69) is 24.2 Å². The second kappa shape index (κ2) is 5.69. The van der Waals surface area contributed by atoms with Crippen molar-refractivity contribution >= 4 is 22.6 Å². The van der Waals surface area contributed by atoms with Gasteiger partial charge in [0.1, 0.15) is 11.6 Å². The fourth-order valence-electron chi connectivity index (χ4n) is 1.86. The maximum Gasteiger partial charge on any atom is 0.161 e. The number of anilines is 1. The number of halogens is 2. The van der Waals surface area contributed by atoms with Gasteiger partial charge < -0.3 is 5.32 Å². The van der Waals surface area contributed by atoms with Gasteiger partial charge in [0, 0.05) is 11.8 Å².